The monoisotopic (exact) mass is 307 g/mol. The van der Waals surface area contributed by atoms with Gasteiger partial charge in [-0.25, -0.2) is 0 Å². The summed E-state index contributed by atoms with van der Waals surface area (Å²) in [5.41, 5.74) is 1.10. The fraction of sp³-hybridized carbons (Fsp3) is 0.588. The molecule has 5 heteroatoms. The van der Waals surface area contributed by atoms with E-state index in [9.17, 15) is 0 Å². The van der Waals surface area contributed by atoms with Gasteiger partial charge in [-0.1, -0.05) is 6.92 Å². The van der Waals surface area contributed by atoms with Crippen molar-refractivity contribution in [1.29, 1.82) is 0 Å². The van der Waals surface area contributed by atoms with Crippen LogP contribution in [0.15, 0.2) is 23.2 Å². The summed E-state index contributed by atoms with van der Waals surface area (Å²) in [6.07, 6.45) is 1.87. The van der Waals surface area contributed by atoms with Crippen molar-refractivity contribution in [2.24, 2.45) is 4.99 Å². The first-order valence-corrected chi connectivity index (χ1v) is 7.90. The van der Waals surface area contributed by atoms with Gasteiger partial charge in [0, 0.05) is 19.1 Å². The molecule has 0 aliphatic carbocycles. The Bertz CT molecular complexity index is 475. The van der Waals surface area contributed by atoms with Crippen molar-refractivity contribution in [3.8, 4) is 11.5 Å². The lowest BCUT2D eigenvalue weighted by atomic mass is 10.1. The first-order chi connectivity index (χ1) is 10.6. The van der Waals surface area contributed by atoms with E-state index < -0.39 is 0 Å². The highest BCUT2D eigenvalue weighted by atomic mass is 16.5. The van der Waals surface area contributed by atoms with Crippen LogP contribution >= 0.6 is 0 Å². The van der Waals surface area contributed by atoms with Crippen LogP contribution in [-0.4, -0.2) is 39.3 Å². The van der Waals surface area contributed by atoms with Crippen LogP contribution in [0.5, 0.6) is 11.5 Å². The Labute approximate surface area is 134 Å². The van der Waals surface area contributed by atoms with E-state index in [1.807, 2.05) is 18.2 Å². The average Bonchev–Trinajstić information content (AvgIpc) is 2.54. The van der Waals surface area contributed by atoms with Gasteiger partial charge in [0.2, 0.25) is 0 Å². The molecule has 0 saturated carbocycles. The van der Waals surface area contributed by atoms with E-state index >= 15 is 0 Å². The van der Waals surface area contributed by atoms with Gasteiger partial charge in [-0.15, -0.1) is 0 Å². The number of ether oxygens (including phenoxy) is 2. The summed E-state index contributed by atoms with van der Waals surface area (Å²) in [6, 6.07) is 6.24. The Kier molecular flexibility index (Phi) is 8.18. The molecule has 22 heavy (non-hydrogen) atoms. The maximum atomic E-state index is 5.40. The molecule has 124 valence electrons. The minimum atomic E-state index is 0.407. The molecular formula is C17H29N3O2. The number of aliphatic imine (C=N–C) groups is 1. The van der Waals surface area contributed by atoms with Gasteiger partial charge in [0.1, 0.15) is 11.5 Å². The molecule has 0 heterocycles. The van der Waals surface area contributed by atoms with Crippen LogP contribution < -0.4 is 20.1 Å². The zero-order valence-corrected chi connectivity index (χ0v) is 14.4. The summed E-state index contributed by atoms with van der Waals surface area (Å²) in [6.45, 7) is 7.92. The molecular weight excluding hydrogens is 278 g/mol. The lowest BCUT2D eigenvalue weighted by Gasteiger charge is -2.16. The summed E-state index contributed by atoms with van der Waals surface area (Å²) >= 11 is 0. The van der Waals surface area contributed by atoms with Crippen LogP contribution in [0.2, 0.25) is 0 Å². The second kappa shape index (κ2) is 9.92. The Morgan fingerprint density at radius 1 is 1.23 bits per heavy atom. The molecule has 5 nitrogen and oxygen atoms in total. The van der Waals surface area contributed by atoms with Crippen LogP contribution in [0.1, 0.15) is 32.8 Å². The van der Waals surface area contributed by atoms with Crippen molar-refractivity contribution >= 4 is 5.96 Å². The lowest BCUT2D eigenvalue weighted by Crippen LogP contribution is -2.42. The molecule has 0 radical (unpaired) electrons. The number of nitrogens with zero attached hydrogens (tertiary/aromatic N) is 1. The van der Waals surface area contributed by atoms with Gasteiger partial charge in [0.05, 0.1) is 14.2 Å². The van der Waals surface area contributed by atoms with Gasteiger partial charge in [-0.2, -0.15) is 0 Å². The molecule has 0 fully saturated rings. The minimum absolute atomic E-state index is 0.407. The van der Waals surface area contributed by atoms with Gasteiger partial charge in [0.15, 0.2) is 5.96 Å². The van der Waals surface area contributed by atoms with E-state index in [1.54, 1.807) is 14.2 Å². The van der Waals surface area contributed by atoms with Crippen LogP contribution in [0.25, 0.3) is 0 Å². The Morgan fingerprint density at radius 3 is 2.59 bits per heavy atom. The molecule has 0 aliphatic rings. The Morgan fingerprint density at radius 2 is 2.00 bits per heavy atom. The Balaban J connectivity index is 2.71. The zero-order valence-electron chi connectivity index (χ0n) is 14.4. The largest absolute Gasteiger partial charge is 0.497 e. The number of nitrogens with one attached hydrogen (secondary N) is 2. The van der Waals surface area contributed by atoms with Crippen molar-refractivity contribution in [2.45, 2.75) is 39.7 Å². The second-order valence-corrected chi connectivity index (χ2v) is 5.14. The van der Waals surface area contributed by atoms with Crippen LogP contribution in [0.3, 0.4) is 0 Å². The molecule has 1 aromatic carbocycles. The van der Waals surface area contributed by atoms with Crippen molar-refractivity contribution in [3.05, 3.63) is 23.8 Å². The van der Waals surface area contributed by atoms with Crippen LogP contribution in [-0.2, 0) is 6.42 Å². The second-order valence-electron chi connectivity index (χ2n) is 5.14. The van der Waals surface area contributed by atoms with E-state index in [-0.39, 0.29) is 0 Å². The third kappa shape index (κ3) is 5.84. The topological polar surface area (TPSA) is 54.9 Å². The maximum absolute atomic E-state index is 5.40. The highest BCUT2D eigenvalue weighted by molar-refractivity contribution is 5.80. The summed E-state index contributed by atoms with van der Waals surface area (Å²) in [4.78, 5) is 4.63. The van der Waals surface area contributed by atoms with Crippen molar-refractivity contribution in [3.63, 3.8) is 0 Å². The maximum Gasteiger partial charge on any atom is 0.191 e. The summed E-state index contributed by atoms with van der Waals surface area (Å²) < 4.78 is 10.7. The van der Waals surface area contributed by atoms with Gasteiger partial charge >= 0.3 is 0 Å². The molecule has 2 N–H and O–H groups in total. The molecule has 0 aliphatic heterocycles. The third-order valence-corrected chi connectivity index (χ3v) is 3.48. The van der Waals surface area contributed by atoms with E-state index in [4.69, 9.17) is 9.47 Å². The third-order valence-electron chi connectivity index (χ3n) is 3.48. The fourth-order valence-corrected chi connectivity index (χ4v) is 2.02. The zero-order chi connectivity index (χ0) is 16.4. The number of rotatable bonds is 8. The number of hydrogen-bond acceptors (Lipinski definition) is 3. The molecule has 0 spiro atoms. The predicted octanol–water partition coefficient (Wildman–Crippen LogP) is 2.60. The van der Waals surface area contributed by atoms with Crippen LogP contribution in [0.4, 0.5) is 0 Å². The highest BCUT2D eigenvalue weighted by Gasteiger charge is 2.06. The number of guanidine groups is 1. The number of hydrogen-bond donors (Lipinski definition) is 2. The molecule has 1 atom stereocenters. The molecule has 1 aromatic rings. The highest BCUT2D eigenvalue weighted by Crippen LogP contribution is 2.24. The lowest BCUT2D eigenvalue weighted by molar-refractivity contribution is 0.399. The molecule has 0 bridgehead atoms. The van der Waals surface area contributed by atoms with Gasteiger partial charge < -0.3 is 20.1 Å². The minimum Gasteiger partial charge on any atom is -0.497 e. The first-order valence-electron chi connectivity index (χ1n) is 7.90. The van der Waals surface area contributed by atoms with Gasteiger partial charge in [-0.05, 0) is 50.5 Å². The first kappa shape index (κ1) is 18.1. The smallest absolute Gasteiger partial charge is 0.191 e. The fourth-order valence-electron chi connectivity index (χ4n) is 2.02. The SMILES string of the molecule is CCNC(=NCCc1cc(OC)ccc1OC)NC(C)CC. The van der Waals surface area contributed by atoms with Crippen molar-refractivity contribution in [1.82, 2.24) is 10.6 Å². The van der Waals surface area contributed by atoms with Gasteiger partial charge in [-0.3, -0.25) is 4.99 Å². The van der Waals surface area contributed by atoms with E-state index in [2.05, 4.69) is 36.4 Å². The normalized spacial score (nSPS) is 12.7. The molecule has 1 unspecified atom stereocenters. The van der Waals surface area contributed by atoms with Gasteiger partial charge in [0.25, 0.3) is 0 Å². The standard InChI is InChI=1S/C17H29N3O2/c1-6-13(3)20-17(18-7-2)19-11-10-14-12-15(21-4)8-9-16(14)22-5/h8-9,12-13H,6-7,10-11H2,1-5H3,(H2,18,19,20). The van der Waals surface area contributed by atoms with Crippen molar-refractivity contribution in [2.75, 3.05) is 27.3 Å². The quantitative estimate of drug-likeness (QED) is 0.572. The number of benzene rings is 1. The van der Waals surface area contributed by atoms with E-state index in [0.717, 1.165) is 42.4 Å². The average molecular weight is 307 g/mol. The molecule has 0 aromatic heterocycles. The van der Waals surface area contributed by atoms with Crippen molar-refractivity contribution < 1.29 is 9.47 Å². The molecule has 1 rings (SSSR count). The molecule has 0 amide bonds. The summed E-state index contributed by atoms with van der Waals surface area (Å²) in [5, 5.41) is 6.66. The summed E-state index contributed by atoms with van der Waals surface area (Å²) in [5.74, 6) is 2.57. The van der Waals surface area contributed by atoms with Crippen LogP contribution in [0, 0.1) is 0 Å². The van der Waals surface area contributed by atoms with E-state index in [1.165, 1.54) is 0 Å². The predicted molar refractivity (Wildman–Crippen MR) is 92.1 cm³/mol. The van der Waals surface area contributed by atoms with E-state index in [0.29, 0.717) is 12.6 Å². The molecule has 0 saturated heterocycles. The summed E-state index contributed by atoms with van der Waals surface area (Å²) in [7, 11) is 3.35. The Hall–Kier alpha value is -1.91. The number of methoxy groups -OCH3 is 2.